The van der Waals surface area contributed by atoms with Gasteiger partial charge in [0.25, 0.3) is 11.8 Å². The molecular weight excluding hydrogens is 625 g/mol. The minimum Gasteiger partial charge on any atom is -0.489 e. The average molecular weight is 657 g/mol. The van der Waals surface area contributed by atoms with Gasteiger partial charge in [0.1, 0.15) is 18.1 Å². The standard InChI is InChI=1S/C38H32N4O5S/c39-36(44)28-16-18-30(19-17-28)40-35(43)25-48-33-13-7-12-31(23-33)41-38(46)34(42-37(45)29-10-5-2-6-11-29)22-26-14-20-32(21-15-26)47-24-27-8-3-1-4-9-27/h1-23H,24-25H2,(H2,39,44)(H,40,43)(H,41,46)(H,42,45)/b34-22-. The number of hydrogen-bond acceptors (Lipinski definition) is 6. The van der Waals surface area contributed by atoms with Crippen LogP contribution in [0.3, 0.4) is 0 Å². The molecule has 0 atom stereocenters. The number of hydrogen-bond donors (Lipinski definition) is 4. The van der Waals surface area contributed by atoms with Crippen LogP contribution in [0.2, 0.25) is 0 Å². The quantitative estimate of drug-likeness (QED) is 0.0843. The predicted molar refractivity (Wildman–Crippen MR) is 188 cm³/mol. The van der Waals surface area contributed by atoms with Crippen molar-refractivity contribution in [3.8, 4) is 5.75 Å². The number of nitrogens with two attached hydrogens (primary N) is 1. The molecule has 48 heavy (non-hydrogen) atoms. The summed E-state index contributed by atoms with van der Waals surface area (Å²) in [6, 6.07) is 39.0. The molecular formula is C38H32N4O5S. The normalized spacial score (nSPS) is 10.9. The molecule has 5 aromatic carbocycles. The summed E-state index contributed by atoms with van der Waals surface area (Å²) >= 11 is 1.29. The first-order valence-corrected chi connectivity index (χ1v) is 15.9. The second-order valence-electron chi connectivity index (χ2n) is 10.5. The molecule has 0 saturated heterocycles. The molecule has 10 heteroatoms. The van der Waals surface area contributed by atoms with Crippen LogP contribution in [-0.4, -0.2) is 29.4 Å². The van der Waals surface area contributed by atoms with Crippen LogP contribution in [-0.2, 0) is 16.2 Å². The van der Waals surface area contributed by atoms with Crippen LogP contribution in [0.4, 0.5) is 11.4 Å². The fourth-order valence-corrected chi connectivity index (χ4v) is 5.19. The Balaban J connectivity index is 1.25. The van der Waals surface area contributed by atoms with Gasteiger partial charge in [0.15, 0.2) is 0 Å². The van der Waals surface area contributed by atoms with Gasteiger partial charge in [0.2, 0.25) is 11.8 Å². The number of carbonyl (C=O) groups is 4. The van der Waals surface area contributed by atoms with Gasteiger partial charge in [-0.05, 0) is 83.9 Å². The van der Waals surface area contributed by atoms with Crippen molar-refractivity contribution in [2.24, 2.45) is 5.73 Å². The molecule has 0 unspecified atom stereocenters. The number of anilines is 2. The van der Waals surface area contributed by atoms with E-state index in [4.69, 9.17) is 10.5 Å². The van der Waals surface area contributed by atoms with Gasteiger partial charge in [-0.3, -0.25) is 19.2 Å². The van der Waals surface area contributed by atoms with Gasteiger partial charge in [-0.1, -0.05) is 66.7 Å². The molecule has 0 spiro atoms. The summed E-state index contributed by atoms with van der Waals surface area (Å²) in [5, 5.41) is 8.37. The predicted octanol–water partition coefficient (Wildman–Crippen LogP) is 6.50. The zero-order valence-electron chi connectivity index (χ0n) is 25.7. The van der Waals surface area contributed by atoms with Crippen molar-refractivity contribution in [2.75, 3.05) is 16.4 Å². The van der Waals surface area contributed by atoms with Crippen LogP contribution in [0.15, 0.2) is 144 Å². The molecule has 0 heterocycles. The van der Waals surface area contributed by atoms with E-state index in [-0.39, 0.29) is 17.4 Å². The third kappa shape index (κ3) is 9.93. The molecule has 0 bridgehead atoms. The van der Waals surface area contributed by atoms with Crippen molar-refractivity contribution in [3.63, 3.8) is 0 Å². The van der Waals surface area contributed by atoms with E-state index >= 15 is 0 Å². The van der Waals surface area contributed by atoms with Crippen LogP contribution in [0.1, 0.15) is 31.8 Å². The van der Waals surface area contributed by atoms with Crippen molar-refractivity contribution in [2.45, 2.75) is 11.5 Å². The van der Waals surface area contributed by atoms with Crippen LogP contribution >= 0.6 is 11.8 Å². The highest BCUT2D eigenvalue weighted by Gasteiger charge is 2.16. The first-order chi connectivity index (χ1) is 23.3. The molecule has 0 radical (unpaired) electrons. The minimum atomic E-state index is -0.546. The van der Waals surface area contributed by atoms with E-state index in [1.807, 2.05) is 36.4 Å². The van der Waals surface area contributed by atoms with Crippen molar-refractivity contribution >= 4 is 52.8 Å². The zero-order valence-corrected chi connectivity index (χ0v) is 26.5. The Morgan fingerprint density at radius 1 is 0.688 bits per heavy atom. The Kier molecular flexibility index (Phi) is 11.4. The Hall–Kier alpha value is -6.13. The zero-order chi connectivity index (χ0) is 33.7. The number of carbonyl (C=O) groups excluding carboxylic acids is 4. The molecule has 0 aliphatic carbocycles. The molecule has 0 aliphatic heterocycles. The van der Waals surface area contributed by atoms with Crippen LogP contribution in [0, 0.1) is 0 Å². The smallest absolute Gasteiger partial charge is 0.272 e. The molecule has 0 aromatic heterocycles. The molecule has 5 rings (SSSR count). The Morgan fingerprint density at radius 3 is 2.06 bits per heavy atom. The van der Waals surface area contributed by atoms with Crippen molar-refractivity contribution in [1.29, 1.82) is 0 Å². The number of rotatable bonds is 13. The maximum absolute atomic E-state index is 13.5. The number of benzene rings is 5. The summed E-state index contributed by atoms with van der Waals surface area (Å²) in [5.74, 6) is -0.970. The second-order valence-corrected chi connectivity index (χ2v) is 11.5. The summed E-state index contributed by atoms with van der Waals surface area (Å²) in [5.41, 5.74) is 8.81. The topological polar surface area (TPSA) is 140 Å². The van der Waals surface area contributed by atoms with E-state index in [1.165, 1.54) is 11.8 Å². The maximum atomic E-state index is 13.5. The lowest BCUT2D eigenvalue weighted by molar-refractivity contribution is -0.114. The Bertz CT molecular complexity index is 1910. The molecule has 0 saturated carbocycles. The van der Waals surface area contributed by atoms with Crippen LogP contribution in [0.25, 0.3) is 6.08 Å². The van der Waals surface area contributed by atoms with Crippen LogP contribution < -0.4 is 26.4 Å². The van der Waals surface area contributed by atoms with Gasteiger partial charge >= 0.3 is 0 Å². The number of amides is 4. The van der Waals surface area contributed by atoms with E-state index in [2.05, 4.69) is 16.0 Å². The van der Waals surface area contributed by atoms with Gasteiger partial charge in [-0.15, -0.1) is 11.8 Å². The largest absolute Gasteiger partial charge is 0.489 e. The summed E-state index contributed by atoms with van der Waals surface area (Å²) in [7, 11) is 0. The molecule has 5 N–H and O–H groups in total. The summed E-state index contributed by atoms with van der Waals surface area (Å²) in [6.07, 6.45) is 1.59. The van der Waals surface area contributed by atoms with Crippen molar-refractivity contribution in [3.05, 3.63) is 161 Å². The third-order valence-corrected chi connectivity index (χ3v) is 7.88. The van der Waals surface area contributed by atoms with Gasteiger partial charge < -0.3 is 26.4 Å². The lowest BCUT2D eigenvalue weighted by Gasteiger charge is -2.12. The SMILES string of the molecule is NC(=O)c1ccc(NC(=O)CSc2cccc(NC(=O)/C(=C/c3ccc(OCc4ccccc4)cc3)NC(=O)c3ccccc3)c2)cc1. The van der Waals surface area contributed by atoms with Crippen molar-refractivity contribution < 1.29 is 23.9 Å². The minimum absolute atomic E-state index is 0.0431. The van der Waals surface area contributed by atoms with E-state index in [0.717, 1.165) is 10.5 Å². The third-order valence-electron chi connectivity index (χ3n) is 6.88. The van der Waals surface area contributed by atoms with Gasteiger partial charge in [-0.2, -0.15) is 0 Å². The fourth-order valence-electron chi connectivity index (χ4n) is 4.44. The monoisotopic (exact) mass is 656 g/mol. The van der Waals surface area contributed by atoms with E-state index < -0.39 is 17.7 Å². The van der Waals surface area contributed by atoms with E-state index in [0.29, 0.717) is 40.4 Å². The maximum Gasteiger partial charge on any atom is 0.272 e. The van der Waals surface area contributed by atoms with E-state index in [1.54, 1.807) is 103 Å². The number of ether oxygens (including phenoxy) is 1. The average Bonchev–Trinajstić information content (AvgIpc) is 3.11. The molecule has 240 valence electrons. The summed E-state index contributed by atoms with van der Waals surface area (Å²) in [6.45, 7) is 0.422. The first-order valence-electron chi connectivity index (χ1n) is 14.9. The van der Waals surface area contributed by atoms with Gasteiger partial charge in [0.05, 0.1) is 5.75 Å². The van der Waals surface area contributed by atoms with Gasteiger partial charge in [0, 0.05) is 27.4 Å². The van der Waals surface area contributed by atoms with E-state index in [9.17, 15) is 19.2 Å². The molecule has 9 nitrogen and oxygen atoms in total. The first kappa shape index (κ1) is 33.2. The number of thioether (sulfide) groups is 1. The number of nitrogens with one attached hydrogen (secondary N) is 3. The molecule has 0 fully saturated rings. The summed E-state index contributed by atoms with van der Waals surface area (Å²) in [4.78, 5) is 51.1. The van der Waals surface area contributed by atoms with Crippen molar-refractivity contribution in [1.82, 2.24) is 5.32 Å². The lowest BCUT2D eigenvalue weighted by atomic mass is 10.1. The van der Waals surface area contributed by atoms with Gasteiger partial charge in [-0.25, -0.2) is 0 Å². The highest BCUT2D eigenvalue weighted by Crippen LogP contribution is 2.23. The Labute approximate surface area is 282 Å². The highest BCUT2D eigenvalue weighted by atomic mass is 32.2. The summed E-state index contributed by atoms with van der Waals surface area (Å²) < 4.78 is 5.88. The lowest BCUT2D eigenvalue weighted by Crippen LogP contribution is -2.30. The second kappa shape index (κ2) is 16.4. The van der Waals surface area contributed by atoms with Crippen LogP contribution in [0.5, 0.6) is 5.75 Å². The highest BCUT2D eigenvalue weighted by molar-refractivity contribution is 8.00. The fraction of sp³-hybridized carbons (Fsp3) is 0.0526. The Morgan fingerprint density at radius 2 is 1.38 bits per heavy atom. The molecule has 5 aromatic rings. The molecule has 0 aliphatic rings. The number of primary amides is 1. The molecule has 4 amide bonds.